The number of rotatable bonds is 4. The summed E-state index contributed by atoms with van der Waals surface area (Å²) in [7, 11) is 1.78. The normalized spacial score (nSPS) is 19.4. The molecule has 88 valence electrons. The number of hydrogen-bond acceptors (Lipinski definition) is 3. The summed E-state index contributed by atoms with van der Waals surface area (Å²) in [5.41, 5.74) is 6.36. The zero-order chi connectivity index (χ0) is 12.1. The van der Waals surface area contributed by atoms with Gasteiger partial charge in [-0.05, 0) is 6.42 Å². The van der Waals surface area contributed by atoms with E-state index in [9.17, 15) is 4.79 Å². The molecule has 16 heavy (non-hydrogen) atoms. The van der Waals surface area contributed by atoms with E-state index in [0.29, 0.717) is 18.0 Å². The maximum absolute atomic E-state index is 11.7. The van der Waals surface area contributed by atoms with Crippen molar-refractivity contribution in [3.8, 4) is 0 Å². The Hall–Kier alpha value is -1.65. The molecule has 1 atom stereocenters. The van der Waals surface area contributed by atoms with Crippen LogP contribution in [0.3, 0.4) is 0 Å². The Morgan fingerprint density at radius 3 is 3.12 bits per heavy atom. The molecule has 0 fully saturated rings. The Morgan fingerprint density at radius 2 is 2.50 bits per heavy atom. The van der Waals surface area contributed by atoms with Gasteiger partial charge in [0.1, 0.15) is 5.84 Å². The van der Waals surface area contributed by atoms with Gasteiger partial charge in [0.15, 0.2) is 0 Å². The van der Waals surface area contributed by atoms with E-state index in [4.69, 9.17) is 11.1 Å². The van der Waals surface area contributed by atoms with Gasteiger partial charge in [-0.3, -0.25) is 9.79 Å². The summed E-state index contributed by atoms with van der Waals surface area (Å²) in [5, 5.41) is 7.06. The molecular weight excluding hydrogens is 204 g/mol. The Labute approximate surface area is 95.5 Å². The largest absolute Gasteiger partial charge is 0.387 e. The molecule has 0 aromatic rings. The molecule has 0 saturated carbocycles. The summed E-state index contributed by atoms with van der Waals surface area (Å²) < 4.78 is 0. The molecule has 0 saturated heterocycles. The topological polar surface area (TPSA) is 82.5 Å². The number of amidine groups is 1. The lowest BCUT2D eigenvalue weighted by Gasteiger charge is -2.22. The van der Waals surface area contributed by atoms with Crippen molar-refractivity contribution in [1.29, 1.82) is 5.41 Å². The molecule has 1 rings (SSSR count). The van der Waals surface area contributed by atoms with Crippen LogP contribution in [-0.2, 0) is 4.79 Å². The second-order valence-corrected chi connectivity index (χ2v) is 3.94. The highest BCUT2D eigenvalue weighted by molar-refractivity contribution is 5.97. The number of carbonyl (C=O) groups excluding carboxylic acids is 1. The van der Waals surface area contributed by atoms with Gasteiger partial charge in [-0.2, -0.15) is 0 Å². The molecule has 1 heterocycles. The van der Waals surface area contributed by atoms with E-state index < -0.39 is 0 Å². The first-order valence-corrected chi connectivity index (χ1v) is 5.31. The van der Waals surface area contributed by atoms with Gasteiger partial charge in [0.25, 0.3) is 5.91 Å². The molecule has 0 aliphatic carbocycles. The van der Waals surface area contributed by atoms with E-state index in [2.05, 4.69) is 4.99 Å². The minimum Gasteiger partial charge on any atom is -0.387 e. The van der Waals surface area contributed by atoms with Crippen LogP contribution >= 0.6 is 0 Å². The Morgan fingerprint density at radius 1 is 1.81 bits per heavy atom. The van der Waals surface area contributed by atoms with Crippen LogP contribution in [-0.4, -0.2) is 43.0 Å². The fourth-order valence-corrected chi connectivity index (χ4v) is 1.40. The fraction of sp³-hybridized carbons (Fsp3) is 0.545. The van der Waals surface area contributed by atoms with Gasteiger partial charge in [0.2, 0.25) is 0 Å². The number of likely N-dealkylation sites (N-methyl/N-ethyl adjacent to an activating group) is 1. The van der Waals surface area contributed by atoms with Crippen molar-refractivity contribution in [2.24, 2.45) is 16.6 Å². The number of nitrogens with zero attached hydrogens (tertiary/aromatic N) is 2. The first-order chi connectivity index (χ1) is 7.56. The first kappa shape index (κ1) is 12.4. The highest BCUT2D eigenvalue weighted by atomic mass is 16.2. The lowest BCUT2D eigenvalue weighted by atomic mass is 10.1. The zero-order valence-electron chi connectivity index (χ0n) is 9.73. The molecule has 5 nitrogen and oxygen atoms in total. The van der Waals surface area contributed by atoms with Crippen molar-refractivity contribution in [2.75, 3.05) is 20.1 Å². The quantitative estimate of drug-likeness (QED) is 0.533. The second kappa shape index (κ2) is 5.44. The molecular formula is C11H18N4O. The predicted octanol–water partition coefficient (Wildman–Crippen LogP) is 0.418. The van der Waals surface area contributed by atoms with Crippen molar-refractivity contribution in [1.82, 2.24) is 4.90 Å². The van der Waals surface area contributed by atoms with Crippen molar-refractivity contribution in [3.05, 3.63) is 11.6 Å². The molecule has 0 bridgehead atoms. The molecule has 0 aromatic heterocycles. The smallest absolute Gasteiger partial charge is 0.251 e. The van der Waals surface area contributed by atoms with Crippen LogP contribution in [0.2, 0.25) is 0 Å². The van der Waals surface area contributed by atoms with Gasteiger partial charge in [-0.15, -0.1) is 0 Å². The summed E-state index contributed by atoms with van der Waals surface area (Å²) in [5.74, 6) is 0.249. The molecule has 0 aromatic carbocycles. The number of aliphatic imine (C=N–C) groups is 1. The summed E-state index contributed by atoms with van der Waals surface area (Å²) in [6.45, 7) is 2.88. The number of amides is 1. The molecule has 1 unspecified atom stereocenters. The van der Waals surface area contributed by atoms with Gasteiger partial charge < -0.3 is 16.0 Å². The van der Waals surface area contributed by atoms with Crippen LogP contribution in [0.25, 0.3) is 0 Å². The third-order valence-corrected chi connectivity index (χ3v) is 2.63. The van der Waals surface area contributed by atoms with Crippen LogP contribution < -0.4 is 5.73 Å². The average Bonchev–Trinajstić information content (AvgIpc) is 2.29. The van der Waals surface area contributed by atoms with Crippen LogP contribution in [0.5, 0.6) is 0 Å². The Bertz CT molecular complexity index is 346. The van der Waals surface area contributed by atoms with Gasteiger partial charge in [-0.25, -0.2) is 0 Å². The van der Waals surface area contributed by atoms with E-state index in [-0.39, 0.29) is 11.8 Å². The number of nitrogens with two attached hydrogens (primary N) is 1. The molecule has 0 radical (unpaired) electrons. The first-order valence-electron chi connectivity index (χ1n) is 5.31. The summed E-state index contributed by atoms with van der Waals surface area (Å²) >= 11 is 0. The molecule has 1 aliphatic heterocycles. The minimum absolute atomic E-state index is 0.0188. The van der Waals surface area contributed by atoms with Gasteiger partial charge in [-0.1, -0.05) is 13.0 Å². The predicted molar refractivity (Wildman–Crippen MR) is 64.8 cm³/mol. The number of hydrogen-bond donors (Lipinski definition) is 2. The van der Waals surface area contributed by atoms with Gasteiger partial charge in [0.05, 0.1) is 6.54 Å². The third kappa shape index (κ3) is 2.92. The van der Waals surface area contributed by atoms with E-state index in [1.165, 1.54) is 6.21 Å². The van der Waals surface area contributed by atoms with Crippen molar-refractivity contribution in [2.45, 2.75) is 13.3 Å². The van der Waals surface area contributed by atoms with Crippen molar-refractivity contribution < 1.29 is 4.79 Å². The summed E-state index contributed by atoms with van der Waals surface area (Å²) in [4.78, 5) is 17.5. The van der Waals surface area contributed by atoms with Crippen molar-refractivity contribution in [3.63, 3.8) is 0 Å². The van der Waals surface area contributed by atoms with Crippen LogP contribution in [0.15, 0.2) is 16.6 Å². The van der Waals surface area contributed by atoms with Crippen LogP contribution in [0.4, 0.5) is 0 Å². The third-order valence-electron chi connectivity index (χ3n) is 2.63. The maximum Gasteiger partial charge on any atom is 0.251 e. The fourth-order valence-electron chi connectivity index (χ4n) is 1.40. The van der Waals surface area contributed by atoms with Crippen molar-refractivity contribution >= 4 is 18.0 Å². The number of carbonyl (C=O) groups is 1. The molecule has 3 N–H and O–H groups in total. The van der Waals surface area contributed by atoms with Crippen LogP contribution in [0.1, 0.15) is 13.3 Å². The number of nitrogens with one attached hydrogen (secondary N) is 1. The minimum atomic E-state index is -0.169. The second-order valence-electron chi connectivity index (χ2n) is 3.94. The van der Waals surface area contributed by atoms with Gasteiger partial charge in [0, 0.05) is 31.3 Å². The Kier molecular flexibility index (Phi) is 4.22. The van der Waals surface area contributed by atoms with E-state index in [1.807, 2.05) is 6.08 Å². The highest BCUT2D eigenvalue weighted by Crippen LogP contribution is 2.10. The summed E-state index contributed by atoms with van der Waals surface area (Å²) in [6, 6.07) is 0. The maximum atomic E-state index is 11.7. The molecule has 0 spiro atoms. The summed E-state index contributed by atoms with van der Waals surface area (Å²) in [6.07, 6.45) is 4.02. The lowest BCUT2D eigenvalue weighted by molar-refractivity contribution is -0.126. The monoisotopic (exact) mass is 222 g/mol. The van der Waals surface area contributed by atoms with E-state index in [0.717, 1.165) is 13.0 Å². The van der Waals surface area contributed by atoms with Gasteiger partial charge >= 0.3 is 0 Å². The Balaban J connectivity index is 2.64. The average molecular weight is 222 g/mol. The standard InChI is InChI=1S/C11H18N4O/c1-8(6-12)10(13)14-7-9-4-3-5-15(2)11(9)16/h4,6,8,12H,3,5,7H2,1-2H3,(H2,13,14). The van der Waals surface area contributed by atoms with E-state index in [1.54, 1.807) is 18.9 Å². The molecule has 1 aliphatic rings. The SMILES string of the molecule is CC(C=N)C(N)=NCC1=CCCN(C)C1=O. The van der Waals surface area contributed by atoms with E-state index >= 15 is 0 Å². The zero-order valence-corrected chi connectivity index (χ0v) is 9.73. The highest BCUT2D eigenvalue weighted by Gasteiger charge is 2.17. The van der Waals surface area contributed by atoms with Crippen LogP contribution in [0, 0.1) is 11.3 Å². The molecule has 1 amide bonds. The lowest BCUT2D eigenvalue weighted by Crippen LogP contribution is -2.33. The molecule has 5 heteroatoms.